The fourth-order valence-electron chi connectivity index (χ4n) is 3.33. The Hall–Kier alpha value is -0.830. The second-order valence-corrected chi connectivity index (χ2v) is 5.20. The van der Waals surface area contributed by atoms with E-state index in [0.29, 0.717) is 13.0 Å². The summed E-state index contributed by atoms with van der Waals surface area (Å²) in [7, 11) is 0. The molecule has 0 aromatic rings. The number of carbonyl (C=O) groups excluding carboxylic acids is 1. The lowest BCUT2D eigenvalue weighted by Crippen LogP contribution is -2.44. The molecule has 1 heterocycles. The van der Waals surface area contributed by atoms with E-state index in [9.17, 15) is 4.79 Å². The Morgan fingerprint density at radius 2 is 2.29 bits per heavy atom. The second-order valence-electron chi connectivity index (χ2n) is 5.20. The maximum Gasteiger partial charge on any atom is 0.308 e. The molecular formula is C14H22O3. The molecule has 0 N–H and O–H groups in total. The van der Waals surface area contributed by atoms with Crippen molar-refractivity contribution in [1.82, 2.24) is 0 Å². The molecule has 1 saturated carbocycles. The van der Waals surface area contributed by atoms with Crippen LogP contribution in [0.25, 0.3) is 0 Å². The van der Waals surface area contributed by atoms with Crippen LogP contribution in [0.1, 0.15) is 51.9 Å². The number of hydrogen-bond acceptors (Lipinski definition) is 3. The van der Waals surface area contributed by atoms with Gasteiger partial charge in [-0.3, -0.25) is 4.79 Å². The van der Waals surface area contributed by atoms with Gasteiger partial charge in [0.25, 0.3) is 0 Å². The maximum absolute atomic E-state index is 11.8. The molecule has 3 heteroatoms. The number of fused-ring (bicyclic) bond motifs is 1. The van der Waals surface area contributed by atoms with Crippen molar-refractivity contribution in [2.45, 2.75) is 57.7 Å². The summed E-state index contributed by atoms with van der Waals surface area (Å²) in [6.45, 7) is 6.52. The molecule has 3 nitrogen and oxygen atoms in total. The molecule has 2 fully saturated rings. The number of ether oxygens (including phenoxy) is 2. The van der Waals surface area contributed by atoms with Crippen molar-refractivity contribution in [2.75, 3.05) is 6.61 Å². The van der Waals surface area contributed by atoms with Gasteiger partial charge in [-0.1, -0.05) is 13.0 Å². The lowest BCUT2D eigenvalue weighted by atomic mass is 9.77. The van der Waals surface area contributed by atoms with Crippen LogP contribution in [0.5, 0.6) is 0 Å². The van der Waals surface area contributed by atoms with Crippen LogP contribution in [0.3, 0.4) is 0 Å². The van der Waals surface area contributed by atoms with Gasteiger partial charge in [0.15, 0.2) is 0 Å². The Balaban J connectivity index is 2.15. The van der Waals surface area contributed by atoms with Crippen molar-refractivity contribution in [2.24, 2.45) is 5.41 Å². The molecule has 0 radical (unpaired) electrons. The van der Waals surface area contributed by atoms with Crippen LogP contribution < -0.4 is 0 Å². The van der Waals surface area contributed by atoms with Gasteiger partial charge in [-0.05, 0) is 32.1 Å². The third-order valence-corrected chi connectivity index (χ3v) is 4.15. The van der Waals surface area contributed by atoms with E-state index in [2.05, 4.69) is 6.58 Å². The molecule has 0 bridgehead atoms. The molecular weight excluding hydrogens is 216 g/mol. The molecule has 2 unspecified atom stereocenters. The first-order valence-electron chi connectivity index (χ1n) is 6.65. The van der Waals surface area contributed by atoms with Crippen LogP contribution in [0.15, 0.2) is 12.7 Å². The lowest BCUT2D eigenvalue weighted by molar-refractivity contribution is -0.239. The van der Waals surface area contributed by atoms with Crippen LogP contribution in [-0.4, -0.2) is 18.4 Å². The van der Waals surface area contributed by atoms with Gasteiger partial charge in [-0.25, -0.2) is 0 Å². The van der Waals surface area contributed by atoms with E-state index < -0.39 is 5.79 Å². The zero-order valence-corrected chi connectivity index (χ0v) is 10.7. The lowest BCUT2D eigenvalue weighted by Gasteiger charge is -2.37. The predicted molar refractivity (Wildman–Crippen MR) is 65.4 cm³/mol. The summed E-state index contributed by atoms with van der Waals surface area (Å²) in [6.07, 6.45) is 8.11. The minimum absolute atomic E-state index is 0.00183. The van der Waals surface area contributed by atoms with Crippen LogP contribution >= 0.6 is 0 Å². The molecule has 2 rings (SSSR count). The van der Waals surface area contributed by atoms with Gasteiger partial charge in [0.1, 0.15) is 0 Å². The van der Waals surface area contributed by atoms with Crippen molar-refractivity contribution >= 4 is 5.97 Å². The third-order valence-electron chi connectivity index (χ3n) is 4.15. The van der Waals surface area contributed by atoms with Gasteiger partial charge in [0.05, 0.1) is 6.61 Å². The standard InChI is InChI=1S/C14H22O3/c1-3-6-12(15)17-14-9-5-8-13(14,7-4-2)10-11-16-14/h4H,2-3,5-11H2,1H3. The van der Waals surface area contributed by atoms with Crippen LogP contribution in [-0.2, 0) is 14.3 Å². The normalized spacial score (nSPS) is 35.6. The van der Waals surface area contributed by atoms with Gasteiger partial charge in [-0.15, -0.1) is 6.58 Å². The van der Waals surface area contributed by atoms with Gasteiger partial charge in [0, 0.05) is 18.3 Å². The number of hydrogen-bond donors (Lipinski definition) is 0. The number of allylic oxidation sites excluding steroid dienone is 1. The largest absolute Gasteiger partial charge is 0.432 e. The van der Waals surface area contributed by atoms with Crippen molar-refractivity contribution in [1.29, 1.82) is 0 Å². The van der Waals surface area contributed by atoms with Crippen molar-refractivity contribution in [3.8, 4) is 0 Å². The summed E-state index contributed by atoms with van der Waals surface area (Å²) in [4.78, 5) is 11.8. The molecule has 96 valence electrons. The molecule has 0 spiro atoms. The molecule has 0 aromatic heterocycles. The summed E-state index contributed by atoms with van der Waals surface area (Å²) in [5.41, 5.74) is -0.00183. The summed E-state index contributed by atoms with van der Waals surface area (Å²) in [6, 6.07) is 0. The van der Waals surface area contributed by atoms with Crippen LogP contribution in [0.4, 0.5) is 0 Å². The van der Waals surface area contributed by atoms with Gasteiger partial charge in [0.2, 0.25) is 5.79 Å². The molecule has 0 aromatic carbocycles. The Labute approximate surface area is 103 Å². The van der Waals surface area contributed by atoms with Crippen LogP contribution in [0.2, 0.25) is 0 Å². The van der Waals surface area contributed by atoms with Crippen molar-refractivity contribution in [3.05, 3.63) is 12.7 Å². The fraction of sp³-hybridized carbons (Fsp3) is 0.786. The fourth-order valence-corrected chi connectivity index (χ4v) is 3.33. The average Bonchev–Trinajstić information content (AvgIpc) is 2.73. The average molecular weight is 238 g/mol. The minimum atomic E-state index is -0.645. The second kappa shape index (κ2) is 4.81. The quantitative estimate of drug-likeness (QED) is 0.545. The first kappa shape index (κ1) is 12.6. The molecule has 1 aliphatic heterocycles. The van der Waals surface area contributed by atoms with E-state index >= 15 is 0 Å². The third kappa shape index (κ3) is 2.01. The van der Waals surface area contributed by atoms with Gasteiger partial charge < -0.3 is 9.47 Å². The van der Waals surface area contributed by atoms with E-state index in [1.165, 1.54) is 0 Å². The summed E-state index contributed by atoms with van der Waals surface area (Å²) >= 11 is 0. The highest BCUT2D eigenvalue weighted by molar-refractivity contribution is 5.69. The van der Waals surface area contributed by atoms with Gasteiger partial charge >= 0.3 is 5.97 Å². The highest BCUT2D eigenvalue weighted by Crippen LogP contribution is 2.58. The van der Waals surface area contributed by atoms with E-state index in [-0.39, 0.29) is 11.4 Å². The van der Waals surface area contributed by atoms with E-state index in [4.69, 9.17) is 9.47 Å². The van der Waals surface area contributed by atoms with Crippen molar-refractivity contribution in [3.63, 3.8) is 0 Å². The highest BCUT2D eigenvalue weighted by atomic mass is 16.7. The first-order chi connectivity index (χ1) is 8.18. The van der Waals surface area contributed by atoms with E-state index in [1.54, 1.807) is 0 Å². The van der Waals surface area contributed by atoms with Crippen molar-refractivity contribution < 1.29 is 14.3 Å². The molecule has 1 aliphatic carbocycles. The Morgan fingerprint density at radius 1 is 1.47 bits per heavy atom. The molecule has 2 atom stereocenters. The smallest absolute Gasteiger partial charge is 0.308 e. The number of esters is 1. The SMILES string of the molecule is C=CCC12CCCC1(OC(=O)CCC)OCC2. The summed E-state index contributed by atoms with van der Waals surface area (Å²) in [5, 5.41) is 0. The zero-order chi connectivity index (χ0) is 12.4. The number of rotatable bonds is 5. The first-order valence-corrected chi connectivity index (χ1v) is 6.65. The number of carbonyl (C=O) groups is 1. The molecule has 2 aliphatic rings. The monoisotopic (exact) mass is 238 g/mol. The van der Waals surface area contributed by atoms with E-state index in [0.717, 1.165) is 38.5 Å². The Morgan fingerprint density at radius 3 is 3.00 bits per heavy atom. The van der Waals surface area contributed by atoms with Gasteiger partial charge in [-0.2, -0.15) is 0 Å². The zero-order valence-electron chi connectivity index (χ0n) is 10.7. The summed E-state index contributed by atoms with van der Waals surface area (Å²) in [5.74, 6) is -0.766. The summed E-state index contributed by atoms with van der Waals surface area (Å²) < 4.78 is 11.6. The topological polar surface area (TPSA) is 35.5 Å². The molecule has 17 heavy (non-hydrogen) atoms. The molecule has 0 amide bonds. The van der Waals surface area contributed by atoms with E-state index in [1.807, 2.05) is 13.0 Å². The highest BCUT2D eigenvalue weighted by Gasteiger charge is 2.61. The maximum atomic E-state index is 11.8. The Bertz CT molecular complexity index is 299. The predicted octanol–water partition coefficient (Wildman–Crippen LogP) is 3.19. The molecule has 1 saturated heterocycles. The minimum Gasteiger partial charge on any atom is -0.432 e. The van der Waals surface area contributed by atoms with Crippen LogP contribution in [0, 0.1) is 5.41 Å². The Kier molecular flexibility index (Phi) is 3.57.